The third-order valence-electron chi connectivity index (χ3n) is 3.69. The van der Waals surface area contributed by atoms with Crippen LogP contribution in [0.25, 0.3) is 0 Å². The molecule has 9 heteroatoms. The Balaban J connectivity index is 1.57. The lowest BCUT2D eigenvalue weighted by molar-refractivity contribution is -0.115. The molecule has 0 aliphatic carbocycles. The summed E-state index contributed by atoms with van der Waals surface area (Å²) >= 11 is 4.07. The summed E-state index contributed by atoms with van der Waals surface area (Å²) in [5, 5.41) is 26.0. The quantitative estimate of drug-likeness (QED) is 0.534. The summed E-state index contributed by atoms with van der Waals surface area (Å²) in [4.78, 5) is 12.3. The van der Waals surface area contributed by atoms with Crippen LogP contribution in [0.15, 0.2) is 40.1 Å². The van der Waals surface area contributed by atoms with Crippen molar-refractivity contribution in [1.82, 2.24) is 10.2 Å². The molecule has 2 N–H and O–H groups in total. The highest BCUT2D eigenvalue weighted by Gasteiger charge is 2.19. The highest BCUT2D eigenvalue weighted by atomic mass is 32.2. The number of nitrogens with zero attached hydrogens (tertiary/aromatic N) is 3. The Morgan fingerprint density at radius 1 is 1.30 bits per heavy atom. The fraction of sp³-hybridized carbons (Fsp3) is 0.222. The number of anilines is 3. The number of benzene rings is 1. The molecule has 1 amide bonds. The standard InChI is InChI=1S/C18H17N5OS3/c1-3-12-4-6-14(7-5-12)20-17-22-23-18(27-17)26-11(2)15(24)21-16-13(10-19)8-9-25-16/h4-9,11H,3H2,1-2H3,(H,20,22)(H,21,24)/t11-/m1/s1. The minimum absolute atomic E-state index is 0.168. The number of thioether (sulfide) groups is 1. The number of nitriles is 1. The van der Waals surface area contributed by atoms with E-state index in [1.54, 1.807) is 18.4 Å². The van der Waals surface area contributed by atoms with Crippen molar-refractivity contribution < 1.29 is 4.79 Å². The van der Waals surface area contributed by atoms with Gasteiger partial charge in [0.25, 0.3) is 0 Å². The maximum atomic E-state index is 12.3. The number of rotatable bonds is 7. The molecule has 0 radical (unpaired) electrons. The second-order valence-electron chi connectivity index (χ2n) is 5.57. The molecule has 0 unspecified atom stereocenters. The maximum absolute atomic E-state index is 12.3. The lowest BCUT2D eigenvalue weighted by Gasteiger charge is -2.08. The topological polar surface area (TPSA) is 90.7 Å². The van der Waals surface area contributed by atoms with Crippen LogP contribution in [-0.2, 0) is 11.2 Å². The van der Waals surface area contributed by atoms with E-state index in [1.165, 1.54) is 40.0 Å². The first kappa shape index (κ1) is 19.4. The van der Waals surface area contributed by atoms with Crippen LogP contribution in [0, 0.1) is 11.3 Å². The number of thiophene rings is 1. The Labute approximate surface area is 169 Å². The minimum atomic E-state index is -0.358. The van der Waals surface area contributed by atoms with E-state index < -0.39 is 0 Å². The van der Waals surface area contributed by atoms with Gasteiger partial charge < -0.3 is 10.6 Å². The van der Waals surface area contributed by atoms with Gasteiger partial charge in [-0.3, -0.25) is 4.79 Å². The Morgan fingerprint density at radius 3 is 2.78 bits per heavy atom. The van der Waals surface area contributed by atoms with Gasteiger partial charge in [-0.1, -0.05) is 42.2 Å². The third-order valence-corrected chi connectivity index (χ3v) is 6.54. The lowest BCUT2D eigenvalue weighted by Crippen LogP contribution is -2.22. The number of carbonyl (C=O) groups excluding carboxylic acids is 1. The molecule has 0 bridgehead atoms. The van der Waals surface area contributed by atoms with Crippen LogP contribution < -0.4 is 10.6 Å². The summed E-state index contributed by atoms with van der Waals surface area (Å²) in [7, 11) is 0. The second-order valence-corrected chi connectivity index (χ2v) is 9.05. The molecule has 27 heavy (non-hydrogen) atoms. The zero-order chi connectivity index (χ0) is 19.2. The number of aryl methyl sites for hydroxylation is 1. The van der Waals surface area contributed by atoms with Crippen molar-refractivity contribution >= 4 is 56.2 Å². The Bertz CT molecular complexity index is 958. The van der Waals surface area contributed by atoms with Gasteiger partial charge in [-0.15, -0.1) is 21.5 Å². The molecule has 0 saturated carbocycles. The smallest absolute Gasteiger partial charge is 0.238 e. The van der Waals surface area contributed by atoms with Crippen molar-refractivity contribution in [3.63, 3.8) is 0 Å². The van der Waals surface area contributed by atoms with E-state index in [0.717, 1.165) is 12.1 Å². The predicted octanol–water partition coefficient (Wildman–Crippen LogP) is 4.90. The van der Waals surface area contributed by atoms with Crippen LogP contribution in [0.4, 0.5) is 15.8 Å². The van der Waals surface area contributed by atoms with Gasteiger partial charge in [0.05, 0.1) is 10.8 Å². The van der Waals surface area contributed by atoms with Crippen molar-refractivity contribution in [2.24, 2.45) is 0 Å². The number of amides is 1. The summed E-state index contributed by atoms with van der Waals surface area (Å²) in [6.07, 6.45) is 1.00. The van der Waals surface area contributed by atoms with E-state index in [0.29, 0.717) is 20.0 Å². The van der Waals surface area contributed by atoms with E-state index in [-0.39, 0.29) is 11.2 Å². The fourth-order valence-electron chi connectivity index (χ4n) is 2.17. The normalized spacial score (nSPS) is 11.6. The number of hydrogen-bond acceptors (Lipinski definition) is 8. The lowest BCUT2D eigenvalue weighted by atomic mass is 10.1. The largest absolute Gasteiger partial charge is 0.330 e. The summed E-state index contributed by atoms with van der Waals surface area (Å²) in [6.45, 7) is 3.92. The van der Waals surface area contributed by atoms with Gasteiger partial charge >= 0.3 is 0 Å². The van der Waals surface area contributed by atoms with Crippen molar-refractivity contribution in [3.05, 3.63) is 46.8 Å². The first-order chi connectivity index (χ1) is 13.1. The van der Waals surface area contributed by atoms with Gasteiger partial charge in [-0.25, -0.2) is 0 Å². The van der Waals surface area contributed by atoms with Gasteiger partial charge in [0.15, 0.2) is 4.34 Å². The highest BCUT2D eigenvalue weighted by molar-refractivity contribution is 8.02. The maximum Gasteiger partial charge on any atom is 0.238 e. The highest BCUT2D eigenvalue weighted by Crippen LogP contribution is 2.31. The minimum Gasteiger partial charge on any atom is -0.330 e. The average molecular weight is 416 g/mol. The van der Waals surface area contributed by atoms with Crippen molar-refractivity contribution in [3.8, 4) is 6.07 Å². The zero-order valence-corrected chi connectivity index (χ0v) is 17.2. The molecular formula is C18H17N5OS3. The summed E-state index contributed by atoms with van der Waals surface area (Å²) in [5.41, 5.74) is 2.70. The van der Waals surface area contributed by atoms with Gasteiger partial charge in [0.2, 0.25) is 11.0 Å². The Kier molecular flexibility index (Phi) is 6.45. The van der Waals surface area contributed by atoms with E-state index in [2.05, 4.69) is 46.0 Å². The Hall–Kier alpha value is -2.41. The first-order valence-electron chi connectivity index (χ1n) is 8.23. The van der Waals surface area contributed by atoms with E-state index >= 15 is 0 Å². The van der Waals surface area contributed by atoms with Crippen LogP contribution in [0.2, 0.25) is 0 Å². The molecule has 2 heterocycles. The van der Waals surface area contributed by atoms with Crippen LogP contribution in [0.3, 0.4) is 0 Å². The molecule has 3 aromatic rings. The zero-order valence-electron chi connectivity index (χ0n) is 14.7. The van der Waals surface area contributed by atoms with Crippen molar-refractivity contribution in [2.75, 3.05) is 10.6 Å². The molecule has 6 nitrogen and oxygen atoms in total. The van der Waals surface area contributed by atoms with E-state index in [4.69, 9.17) is 5.26 Å². The van der Waals surface area contributed by atoms with Crippen molar-refractivity contribution in [1.29, 1.82) is 5.26 Å². The fourth-order valence-corrected chi connectivity index (χ4v) is 4.82. The molecule has 0 fully saturated rings. The van der Waals surface area contributed by atoms with Gasteiger partial charge in [-0.05, 0) is 42.5 Å². The molecule has 3 rings (SSSR count). The molecule has 2 aromatic heterocycles. The van der Waals surface area contributed by atoms with E-state index in [9.17, 15) is 4.79 Å². The third kappa shape index (κ3) is 5.07. The first-order valence-corrected chi connectivity index (χ1v) is 10.8. The molecule has 0 aliphatic heterocycles. The van der Waals surface area contributed by atoms with Crippen molar-refractivity contribution in [2.45, 2.75) is 29.9 Å². The van der Waals surface area contributed by atoms with Crippen LogP contribution >= 0.6 is 34.4 Å². The van der Waals surface area contributed by atoms with E-state index in [1.807, 2.05) is 12.1 Å². The molecule has 1 aromatic carbocycles. The van der Waals surface area contributed by atoms with Crippen LogP contribution in [0.5, 0.6) is 0 Å². The molecular weight excluding hydrogens is 398 g/mol. The second kappa shape index (κ2) is 8.99. The SMILES string of the molecule is CCc1ccc(Nc2nnc(S[C@H](C)C(=O)Nc3sccc3C#N)s2)cc1. The molecule has 0 saturated heterocycles. The number of hydrogen-bond donors (Lipinski definition) is 2. The summed E-state index contributed by atoms with van der Waals surface area (Å²) in [6, 6.07) is 11.9. The molecule has 0 aliphatic rings. The van der Waals surface area contributed by atoms with Gasteiger partial charge in [0, 0.05) is 5.69 Å². The summed E-state index contributed by atoms with van der Waals surface area (Å²) in [5.74, 6) is -0.168. The van der Waals surface area contributed by atoms with Gasteiger partial charge in [-0.2, -0.15) is 5.26 Å². The molecule has 138 valence electrons. The molecule has 1 atom stereocenters. The monoisotopic (exact) mass is 415 g/mol. The van der Waals surface area contributed by atoms with Gasteiger partial charge in [0.1, 0.15) is 11.1 Å². The number of carbonyl (C=O) groups is 1. The predicted molar refractivity (Wildman–Crippen MR) is 112 cm³/mol. The average Bonchev–Trinajstić information content (AvgIpc) is 3.31. The van der Waals surface area contributed by atoms with Crippen LogP contribution in [-0.4, -0.2) is 21.4 Å². The number of aromatic nitrogens is 2. The number of nitrogens with one attached hydrogen (secondary N) is 2. The van der Waals surface area contributed by atoms with Crippen LogP contribution in [0.1, 0.15) is 25.0 Å². The Morgan fingerprint density at radius 2 is 2.07 bits per heavy atom. The molecule has 0 spiro atoms. The summed E-state index contributed by atoms with van der Waals surface area (Å²) < 4.78 is 0.706.